The highest BCUT2D eigenvalue weighted by atomic mass is 16.5. The number of nitrogens with zero attached hydrogens (tertiary/aromatic N) is 3. The van der Waals surface area contributed by atoms with Crippen LogP contribution in [-0.2, 0) is 11.3 Å². The fraction of sp³-hybridized carbons (Fsp3) is 0.368. The van der Waals surface area contributed by atoms with Crippen LogP contribution in [0.3, 0.4) is 0 Å². The third-order valence-corrected chi connectivity index (χ3v) is 4.71. The Labute approximate surface area is 153 Å². The Hall–Kier alpha value is -2.64. The maximum atomic E-state index is 5.45. The molecule has 0 saturated carbocycles. The van der Waals surface area contributed by atoms with Crippen molar-refractivity contribution in [1.29, 1.82) is 0 Å². The SMILES string of the molecule is COC1C=C(N2CCNCC2)C(NCc2ccc3nccnc3c2)=CN1. The van der Waals surface area contributed by atoms with Gasteiger partial charge in [0.25, 0.3) is 0 Å². The minimum Gasteiger partial charge on any atom is -0.378 e. The minimum atomic E-state index is -0.0959. The molecule has 1 fully saturated rings. The molecule has 1 unspecified atom stereocenters. The van der Waals surface area contributed by atoms with Gasteiger partial charge in [0.2, 0.25) is 0 Å². The van der Waals surface area contributed by atoms with E-state index in [1.165, 1.54) is 11.3 Å². The maximum Gasteiger partial charge on any atom is 0.148 e. The molecule has 1 aromatic heterocycles. The van der Waals surface area contributed by atoms with E-state index in [4.69, 9.17) is 4.74 Å². The number of methoxy groups -OCH3 is 1. The second-order valence-corrected chi connectivity index (χ2v) is 6.40. The van der Waals surface area contributed by atoms with Gasteiger partial charge in [0.15, 0.2) is 0 Å². The van der Waals surface area contributed by atoms with E-state index in [2.05, 4.69) is 49.0 Å². The molecule has 3 heterocycles. The highest BCUT2D eigenvalue weighted by Gasteiger charge is 2.21. The largest absolute Gasteiger partial charge is 0.378 e. The Bertz CT molecular complexity index is 828. The number of rotatable bonds is 5. The smallest absolute Gasteiger partial charge is 0.148 e. The summed E-state index contributed by atoms with van der Waals surface area (Å²) >= 11 is 0. The topological polar surface area (TPSA) is 74.3 Å². The lowest BCUT2D eigenvalue weighted by Crippen LogP contribution is -2.46. The third kappa shape index (κ3) is 3.63. The Morgan fingerprint density at radius 2 is 2.00 bits per heavy atom. The van der Waals surface area contributed by atoms with Crippen LogP contribution in [-0.4, -0.2) is 54.4 Å². The number of piperazine rings is 1. The fourth-order valence-electron chi connectivity index (χ4n) is 3.30. The lowest BCUT2D eigenvalue weighted by Gasteiger charge is -2.35. The summed E-state index contributed by atoms with van der Waals surface area (Å²) in [6.45, 7) is 4.71. The van der Waals surface area contributed by atoms with Gasteiger partial charge in [0.1, 0.15) is 6.23 Å². The van der Waals surface area contributed by atoms with Crippen molar-refractivity contribution in [3.8, 4) is 0 Å². The maximum absolute atomic E-state index is 5.45. The van der Waals surface area contributed by atoms with Crippen LogP contribution in [0, 0.1) is 0 Å². The predicted molar refractivity (Wildman–Crippen MR) is 101 cm³/mol. The second kappa shape index (κ2) is 7.72. The summed E-state index contributed by atoms with van der Waals surface area (Å²) in [5, 5.41) is 10.2. The molecule has 7 heteroatoms. The molecular weight excluding hydrogens is 328 g/mol. The quantitative estimate of drug-likeness (QED) is 0.739. The first-order valence-electron chi connectivity index (χ1n) is 8.94. The van der Waals surface area contributed by atoms with Gasteiger partial charge in [-0.25, -0.2) is 0 Å². The lowest BCUT2D eigenvalue weighted by atomic mass is 10.1. The molecule has 0 spiro atoms. The van der Waals surface area contributed by atoms with E-state index in [1.54, 1.807) is 19.5 Å². The normalized spacial score (nSPS) is 20.3. The molecular formula is C19H24N6O. The van der Waals surface area contributed by atoms with Crippen LogP contribution in [0.2, 0.25) is 0 Å². The summed E-state index contributed by atoms with van der Waals surface area (Å²) in [6, 6.07) is 6.19. The number of hydrogen-bond donors (Lipinski definition) is 3. The molecule has 1 atom stereocenters. The van der Waals surface area contributed by atoms with Gasteiger partial charge in [0, 0.05) is 58.4 Å². The van der Waals surface area contributed by atoms with Crippen molar-refractivity contribution in [3.63, 3.8) is 0 Å². The number of benzene rings is 1. The van der Waals surface area contributed by atoms with Crippen LogP contribution in [0.15, 0.2) is 54.3 Å². The van der Waals surface area contributed by atoms with E-state index in [0.717, 1.165) is 49.5 Å². The second-order valence-electron chi connectivity index (χ2n) is 6.40. The average Bonchev–Trinajstić information content (AvgIpc) is 2.72. The van der Waals surface area contributed by atoms with E-state index >= 15 is 0 Å². The first kappa shape index (κ1) is 16.8. The predicted octanol–water partition coefficient (Wildman–Crippen LogP) is 0.926. The van der Waals surface area contributed by atoms with Crippen LogP contribution < -0.4 is 16.0 Å². The zero-order valence-electron chi connectivity index (χ0n) is 14.9. The molecule has 1 saturated heterocycles. The van der Waals surface area contributed by atoms with E-state index in [9.17, 15) is 0 Å². The van der Waals surface area contributed by atoms with Crippen LogP contribution in [0.1, 0.15) is 5.56 Å². The summed E-state index contributed by atoms with van der Waals surface area (Å²) in [5.41, 5.74) is 5.28. The third-order valence-electron chi connectivity index (χ3n) is 4.71. The molecule has 4 rings (SSSR count). The van der Waals surface area contributed by atoms with E-state index in [-0.39, 0.29) is 6.23 Å². The van der Waals surface area contributed by atoms with Crippen molar-refractivity contribution in [1.82, 2.24) is 30.8 Å². The molecule has 26 heavy (non-hydrogen) atoms. The molecule has 0 bridgehead atoms. The molecule has 7 nitrogen and oxygen atoms in total. The van der Waals surface area contributed by atoms with Crippen LogP contribution >= 0.6 is 0 Å². The monoisotopic (exact) mass is 352 g/mol. The zero-order valence-corrected chi connectivity index (χ0v) is 14.9. The summed E-state index contributed by atoms with van der Waals surface area (Å²) in [5.74, 6) is 0. The molecule has 0 radical (unpaired) electrons. The highest BCUT2D eigenvalue weighted by molar-refractivity contribution is 5.74. The van der Waals surface area contributed by atoms with Crippen LogP contribution in [0.4, 0.5) is 0 Å². The van der Waals surface area contributed by atoms with Crippen molar-refractivity contribution in [3.05, 3.63) is 59.8 Å². The Balaban J connectivity index is 1.49. The van der Waals surface area contributed by atoms with Crippen LogP contribution in [0.5, 0.6) is 0 Å². The Morgan fingerprint density at radius 1 is 1.19 bits per heavy atom. The number of hydrogen-bond acceptors (Lipinski definition) is 7. The molecule has 0 amide bonds. The summed E-state index contributed by atoms with van der Waals surface area (Å²) in [6.07, 6.45) is 7.49. The van der Waals surface area contributed by atoms with Gasteiger partial charge in [-0.3, -0.25) is 9.97 Å². The molecule has 2 aliphatic rings. The van der Waals surface area contributed by atoms with Gasteiger partial charge in [-0.15, -0.1) is 0 Å². The molecule has 2 aromatic rings. The van der Waals surface area contributed by atoms with Crippen molar-refractivity contribution < 1.29 is 4.74 Å². The fourth-order valence-corrected chi connectivity index (χ4v) is 3.30. The number of fused-ring (bicyclic) bond motifs is 1. The van der Waals surface area contributed by atoms with E-state index < -0.39 is 0 Å². The minimum absolute atomic E-state index is 0.0959. The van der Waals surface area contributed by atoms with Gasteiger partial charge < -0.3 is 25.6 Å². The van der Waals surface area contributed by atoms with Crippen molar-refractivity contribution in [2.75, 3.05) is 33.3 Å². The van der Waals surface area contributed by atoms with Gasteiger partial charge in [-0.05, 0) is 23.8 Å². The molecule has 1 aromatic carbocycles. The summed E-state index contributed by atoms with van der Waals surface area (Å²) in [4.78, 5) is 11.1. The molecule has 0 aliphatic carbocycles. The van der Waals surface area contributed by atoms with Crippen molar-refractivity contribution in [2.45, 2.75) is 12.8 Å². The van der Waals surface area contributed by atoms with Gasteiger partial charge in [-0.2, -0.15) is 0 Å². The lowest BCUT2D eigenvalue weighted by molar-refractivity contribution is 0.119. The van der Waals surface area contributed by atoms with Crippen molar-refractivity contribution >= 4 is 11.0 Å². The number of nitrogens with one attached hydrogen (secondary N) is 3. The highest BCUT2D eigenvalue weighted by Crippen LogP contribution is 2.19. The van der Waals surface area contributed by atoms with Gasteiger partial charge >= 0.3 is 0 Å². The zero-order chi connectivity index (χ0) is 17.8. The van der Waals surface area contributed by atoms with Crippen molar-refractivity contribution in [2.24, 2.45) is 0 Å². The summed E-state index contributed by atoms with van der Waals surface area (Å²) in [7, 11) is 1.71. The average molecular weight is 352 g/mol. The number of dihydropyridines is 1. The standard InChI is InChI=1S/C19H24N6O/c1-26-19-11-18(25-8-6-20-7-9-25)17(13-24-19)23-12-14-2-3-15-16(10-14)22-5-4-21-15/h2-5,10-11,13,19-20,23-24H,6-9,12H2,1H3. The number of ether oxygens (including phenoxy) is 1. The molecule has 2 aliphatic heterocycles. The Kier molecular flexibility index (Phi) is 4.99. The van der Waals surface area contributed by atoms with Gasteiger partial charge in [0.05, 0.1) is 22.4 Å². The number of aromatic nitrogens is 2. The molecule has 3 N–H and O–H groups in total. The first-order chi connectivity index (χ1) is 12.8. The van der Waals surface area contributed by atoms with E-state index in [0.29, 0.717) is 0 Å². The van der Waals surface area contributed by atoms with Gasteiger partial charge in [-0.1, -0.05) is 6.07 Å². The first-order valence-corrected chi connectivity index (χ1v) is 8.94. The Morgan fingerprint density at radius 3 is 2.81 bits per heavy atom. The van der Waals surface area contributed by atoms with Crippen LogP contribution in [0.25, 0.3) is 11.0 Å². The van der Waals surface area contributed by atoms with E-state index in [1.807, 2.05) is 12.3 Å². The summed E-state index contributed by atoms with van der Waals surface area (Å²) < 4.78 is 5.45. The molecule has 136 valence electrons.